The lowest BCUT2D eigenvalue weighted by atomic mass is 9.96. The summed E-state index contributed by atoms with van der Waals surface area (Å²) in [6.07, 6.45) is 1.64. The highest BCUT2D eigenvalue weighted by Gasteiger charge is 2.43. The Hall–Kier alpha value is -1.33. The Morgan fingerprint density at radius 2 is 1.93 bits per heavy atom. The van der Waals surface area contributed by atoms with E-state index in [9.17, 15) is 5.11 Å². The summed E-state index contributed by atoms with van der Waals surface area (Å²) in [5.41, 5.74) is 3.04. The first kappa shape index (κ1) is 9.23. The van der Waals surface area contributed by atoms with Crippen molar-refractivity contribution in [1.82, 2.24) is 0 Å². The fourth-order valence-corrected chi connectivity index (χ4v) is 1.86. The summed E-state index contributed by atoms with van der Waals surface area (Å²) in [7, 11) is 0. The molecule has 0 heterocycles. The first-order valence-electron chi connectivity index (χ1n) is 4.81. The van der Waals surface area contributed by atoms with Gasteiger partial charge in [0, 0.05) is 0 Å². The Morgan fingerprint density at radius 1 is 1.29 bits per heavy atom. The van der Waals surface area contributed by atoms with Gasteiger partial charge in [0.2, 0.25) is 0 Å². The molecule has 0 aliphatic heterocycles. The van der Waals surface area contributed by atoms with Gasteiger partial charge in [-0.25, -0.2) is 0 Å². The number of nitriles is 1. The molecule has 1 fully saturated rings. The van der Waals surface area contributed by atoms with Crippen molar-refractivity contribution in [2.45, 2.75) is 32.3 Å². The molecule has 1 saturated carbocycles. The van der Waals surface area contributed by atoms with Gasteiger partial charge in [0.25, 0.3) is 0 Å². The van der Waals surface area contributed by atoms with Crippen LogP contribution in [0.4, 0.5) is 0 Å². The van der Waals surface area contributed by atoms with Crippen molar-refractivity contribution in [2.24, 2.45) is 0 Å². The van der Waals surface area contributed by atoms with Gasteiger partial charge in [0.15, 0.2) is 0 Å². The van der Waals surface area contributed by atoms with Gasteiger partial charge in [0.1, 0.15) is 0 Å². The zero-order valence-electron chi connectivity index (χ0n) is 8.46. The number of hydrogen-bond acceptors (Lipinski definition) is 2. The summed E-state index contributed by atoms with van der Waals surface area (Å²) >= 11 is 0. The second-order valence-electron chi connectivity index (χ2n) is 4.13. The highest BCUT2D eigenvalue weighted by atomic mass is 16.3. The SMILES string of the molecule is Cc1cc(C)c(C2(O)CC2)cc1C#N. The van der Waals surface area contributed by atoms with E-state index in [1.807, 2.05) is 26.0 Å². The predicted molar refractivity (Wildman–Crippen MR) is 53.8 cm³/mol. The molecule has 0 radical (unpaired) electrons. The second kappa shape index (κ2) is 2.83. The van der Waals surface area contributed by atoms with Crippen LogP contribution in [0.1, 0.15) is 35.1 Å². The van der Waals surface area contributed by atoms with Crippen molar-refractivity contribution in [3.05, 3.63) is 34.4 Å². The molecule has 0 aromatic heterocycles. The van der Waals surface area contributed by atoms with E-state index >= 15 is 0 Å². The average Bonchev–Trinajstić information content (AvgIpc) is 2.85. The first-order chi connectivity index (χ1) is 6.57. The third-order valence-corrected chi connectivity index (χ3v) is 2.92. The number of rotatable bonds is 1. The van der Waals surface area contributed by atoms with E-state index in [1.165, 1.54) is 0 Å². The number of aliphatic hydroxyl groups is 1. The topological polar surface area (TPSA) is 44.0 Å². The van der Waals surface area contributed by atoms with Gasteiger partial charge < -0.3 is 5.11 Å². The van der Waals surface area contributed by atoms with Crippen molar-refractivity contribution in [3.8, 4) is 6.07 Å². The maximum absolute atomic E-state index is 9.98. The molecule has 0 bridgehead atoms. The molecule has 2 heteroatoms. The van der Waals surface area contributed by atoms with Crippen molar-refractivity contribution in [1.29, 1.82) is 5.26 Å². The van der Waals surface area contributed by atoms with E-state index in [-0.39, 0.29) is 0 Å². The van der Waals surface area contributed by atoms with Crippen LogP contribution in [0.25, 0.3) is 0 Å². The third-order valence-electron chi connectivity index (χ3n) is 2.92. The molecule has 14 heavy (non-hydrogen) atoms. The van der Waals surface area contributed by atoms with E-state index < -0.39 is 5.60 Å². The van der Waals surface area contributed by atoms with Crippen LogP contribution < -0.4 is 0 Å². The van der Waals surface area contributed by atoms with Crippen LogP contribution in [0.5, 0.6) is 0 Å². The van der Waals surface area contributed by atoms with Crippen molar-refractivity contribution >= 4 is 0 Å². The molecule has 1 aliphatic rings. The molecule has 72 valence electrons. The highest BCUT2D eigenvalue weighted by molar-refractivity contribution is 5.47. The summed E-state index contributed by atoms with van der Waals surface area (Å²) in [4.78, 5) is 0. The maximum Gasteiger partial charge on any atom is 0.0994 e. The smallest absolute Gasteiger partial charge is 0.0994 e. The minimum Gasteiger partial charge on any atom is -0.385 e. The number of nitrogens with zero attached hydrogens (tertiary/aromatic N) is 1. The molecule has 0 unspecified atom stereocenters. The highest BCUT2D eigenvalue weighted by Crippen LogP contribution is 2.46. The van der Waals surface area contributed by atoms with E-state index in [0.29, 0.717) is 5.56 Å². The maximum atomic E-state index is 9.98. The van der Waals surface area contributed by atoms with Crippen molar-refractivity contribution < 1.29 is 5.11 Å². The molecule has 1 aliphatic carbocycles. The van der Waals surface area contributed by atoms with Crippen LogP contribution in [0.2, 0.25) is 0 Å². The fraction of sp³-hybridized carbons (Fsp3) is 0.417. The summed E-state index contributed by atoms with van der Waals surface area (Å²) in [5, 5.41) is 18.9. The number of hydrogen-bond donors (Lipinski definition) is 1. The van der Waals surface area contributed by atoms with Gasteiger partial charge in [-0.2, -0.15) is 5.26 Å². The second-order valence-corrected chi connectivity index (χ2v) is 4.13. The Labute approximate surface area is 83.8 Å². The van der Waals surface area contributed by atoms with Crippen molar-refractivity contribution in [3.63, 3.8) is 0 Å². The van der Waals surface area contributed by atoms with E-state index in [0.717, 1.165) is 29.5 Å². The Balaban J connectivity index is 2.57. The lowest BCUT2D eigenvalue weighted by Gasteiger charge is -2.13. The van der Waals surface area contributed by atoms with Crippen LogP contribution in [-0.2, 0) is 5.60 Å². The van der Waals surface area contributed by atoms with Gasteiger partial charge in [-0.05, 0) is 49.4 Å². The van der Waals surface area contributed by atoms with Crippen LogP contribution in [0.15, 0.2) is 12.1 Å². The zero-order valence-corrected chi connectivity index (χ0v) is 8.46. The molecule has 1 aromatic rings. The number of aryl methyl sites for hydroxylation is 2. The quantitative estimate of drug-likeness (QED) is 0.732. The summed E-state index contributed by atoms with van der Waals surface area (Å²) in [6.45, 7) is 3.91. The molecule has 2 nitrogen and oxygen atoms in total. The lowest BCUT2D eigenvalue weighted by Crippen LogP contribution is -2.07. The van der Waals surface area contributed by atoms with Crippen LogP contribution >= 0.6 is 0 Å². The van der Waals surface area contributed by atoms with Gasteiger partial charge >= 0.3 is 0 Å². The minimum atomic E-state index is -0.636. The van der Waals surface area contributed by atoms with Gasteiger partial charge in [-0.1, -0.05) is 6.07 Å². The standard InChI is InChI=1S/C12H13NO/c1-8-5-9(2)11(6-10(8)7-13)12(14)3-4-12/h5-6,14H,3-4H2,1-2H3. The lowest BCUT2D eigenvalue weighted by molar-refractivity contribution is 0.150. The molecule has 1 N–H and O–H groups in total. The summed E-state index contributed by atoms with van der Waals surface area (Å²) < 4.78 is 0. The van der Waals surface area contributed by atoms with Gasteiger partial charge in [-0.15, -0.1) is 0 Å². The predicted octanol–water partition coefficient (Wildman–Crippen LogP) is 2.16. The molecule has 0 saturated heterocycles. The summed E-state index contributed by atoms with van der Waals surface area (Å²) in [6, 6.07) is 5.96. The van der Waals surface area contributed by atoms with Gasteiger partial charge in [-0.3, -0.25) is 0 Å². The largest absolute Gasteiger partial charge is 0.385 e. The molecular formula is C12H13NO. The van der Waals surface area contributed by atoms with Crippen LogP contribution in [0, 0.1) is 25.2 Å². The number of benzene rings is 1. The Kier molecular flexibility index (Phi) is 1.87. The normalized spacial score (nSPS) is 17.6. The Bertz CT molecular complexity index is 425. The molecule has 2 rings (SSSR count). The zero-order chi connectivity index (χ0) is 10.3. The van der Waals surface area contributed by atoms with Crippen LogP contribution in [-0.4, -0.2) is 5.11 Å². The van der Waals surface area contributed by atoms with E-state index in [4.69, 9.17) is 5.26 Å². The van der Waals surface area contributed by atoms with E-state index in [1.54, 1.807) is 0 Å². The van der Waals surface area contributed by atoms with Crippen molar-refractivity contribution in [2.75, 3.05) is 0 Å². The Morgan fingerprint density at radius 3 is 2.43 bits per heavy atom. The third kappa shape index (κ3) is 1.30. The molecule has 0 spiro atoms. The monoisotopic (exact) mass is 187 g/mol. The minimum absolute atomic E-state index is 0.636. The molecule has 1 aromatic carbocycles. The fourth-order valence-electron chi connectivity index (χ4n) is 1.86. The van der Waals surface area contributed by atoms with E-state index in [2.05, 4.69) is 6.07 Å². The first-order valence-corrected chi connectivity index (χ1v) is 4.81. The van der Waals surface area contributed by atoms with Gasteiger partial charge in [0.05, 0.1) is 17.2 Å². The summed E-state index contributed by atoms with van der Waals surface area (Å²) in [5.74, 6) is 0. The molecular weight excluding hydrogens is 174 g/mol. The molecule has 0 amide bonds. The van der Waals surface area contributed by atoms with Crippen LogP contribution in [0.3, 0.4) is 0 Å². The molecule has 0 atom stereocenters. The average molecular weight is 187 g/mol.